The zero-order valence-corrected chi connectivity index (χ0v) is 13.3. The van der Waals surface area contributed by atoms with Crippen LogP contribution in [0.15, 0.2) is 0 Å². The summed E-state index contributed by atoms with van der Waals surface area (Å²) in [4.78, 5) is 13.6. The molecule has 0 aliphatic heterocycles. The number of hydrogen-bond donors (Lipinski definition) is 0. The second-order valence-corrected chi connectivity index (χ2v) is 5.53. The number of rotatable bonds is 10. The first kappa shape index (κ1) is 16.9. The van der Waals surface area contributed by atoms with Crippen LogP contribution in [-0.2, 0) is 4.79 Å². The predicted octanol–water partition coefficient (Wildman–Crippen LogP) is 4.37. The Morgan fingerprint density at radius 1 is 1.12 bits per heavy atom. The number of halogens is 1. The second kappa shape index (κ2) is 11.1. The fourth-order valence-electron chi connectivity index (χ4n) is 1.76. The Morgan fingerprint density at radius 3 is 2.18 bits per heavy atom. The molecule has 3 heteroatoms. The summed E-state index contributed by atoms with van der Waals surface area (Å²) in [7, 11) is 1.90. The number of unbranched alkanes of at least 4 members (excludes halogenated alkanes) is 6. The van der Waals surface area contributed by atoms with Crippen LogP contribution in [0.4, 0.5) is 0 Å². The smallest absolute Gasteiger partial charge is 0.222 e. The largest absolute Gasteiger partial charge is 0.342 e. The number of alkyl halides is 1. The molecule has 0 N–H and O–H groups in total. The lowest BCUT2D eigenvalue weighted by atomic mass is 10.1. The third kappa shape index (κ3) is 8.64. The van der Waals surface area contributed by atoms with E-state index in [9.17, 15) is 4.79 Å². The van der Waals surface area contributed by atoms with Crippen molar-refractivity contribution in [2.45, 2.75) is 71.3 Å². The van der Waals surface area contributed by atoms with Gasteiger partial charge in [-0.15, -0.1) is 0 Å². The van der Waals surface area contributed by atoms with Crippen molar-refractivity contribution in [2.24, 2.45) is 0 Å². The van der Waals surface area contributed by atoms with Gasteiger partial charge in [0.1, 0.15) is 0 Å². The Balaban J connectivity index is 3.45. The highest BCUT2D eigenvalue weighted by Gasteiger charge is 2.13. The third-order valence-electron chi connectivity index (χ3n) is 3.27. The average Bonchev–Trinajstić information content (AvgIpc) is 2.35. The Bertz CT molecular complexity index is 197. The molecule has 17 heavy (non-hydrogen) atoms. The predicted molar refractivity (Wildman–Crippen MR) is 78.6 cm³/mol. The summed E-state index contributed by atoms with van der Waals surface area (Å²) in [5.74, 6) is 0.283. The Morgan fingerprint density at radius 2 is 1.65 bits per heavy atom. The maximum atomic E-state index is 11.8. The SMILES string of the molecule is CCCCCCCCCC(=O)N(C)C(C)CBr. The van der Waals surface area contributed by atoms with Gasteiger partial charge in [-0.25, -0.2) is 0 Å². The first-order valence-electron chi connectivity index (χ1n) is 6.95. The molecule has 0 heterocycles. The fourth-order valence-corrected chi connectivity index (χ4v) is 2.19. The zero-order valence-electron chi connectivity index (χ0n) is 11.7. The van der Waals surface area contributed by atoms with E-state index in [0.717, 1.165) is 11.8 Å². The first-order valence-corrected chi connectivity index (χ1v) is 8.07. The van der Waals surface area contributed by atoms with Crippen LogP contribution in [0.2, 0.25) is 0 Å². The monoisotopic (exact) mass is 305 g/mol. The van der Waals surface area contributed by atoms with Crippen LogP contribution in [0.5, 0.6) is 0 Å². The highest BCUT2D eigenvalue weighted by Crippen LogP contribution is 2.10. The van der Waals surface area contributed by atoms with Gasteiger partial charge in [-0.1, -0.05) is 61.4 Å². The highest BCUT2D eigenvalue weighted by atomic mass is 79.9. The van der Waals surface area contributed by atoms with E-state index in [1.165, 1.54) is 38.5 Å². The number of amides is 1. The minimum Gasteiger partial charge on any atom is -0.342 e. The highest BCUT2D eigenvalue weighted by molar-refractivity contribution is 9.09. The van der Waals surface area contributed by atoms with E-state index < -0.39 is 0 Å². The van der Waals surface area contributed by atoms with E-state index in [4.69, 9.17) is 0 Å². The molecule has 0 aromatic carbocycles. The molecule has 0 aromatic heterocycles. The molecule has 0 saturated heterocycles. The molecule has 0 saturated carbocycles. The van der Waals surface area contributed by atoms with Crippen LogP contribution in [-0.4, -0.2) is 29.2 Å². The van der Waals surface area contributed by atoms with E-state index >= 15 is 0 Å². The minimum atomic E-state index is 0.283. The fraction of sp³-hybridized carbons (Fsp3) is 0.929. The molecule has 102 valence electrons. The Kier molecular flexibility index (Phi) is 11.0. The van der Waals surface area contributed by atoms with Crippen LogP contribution in [0.25, 0.3) is 0 Å². The summed E-state index contributed by atoms with van der Waals surface area (Å²) in [6.07, 6.45) is 9.57. The number of carbonyl (C=O) groups is 1. The molecule has 1 atom stereocenters. The van der Waals surface area contributed by atoms with E-state index in [0.29, 0.717) is 12.5 Å². The van der Waals surface area contributed by atoms with Gasteiger partial charge in [0.25, 0.3) is 0 Å². The van der Waals surface area contributed by atoms with Crippen LogP contribution in [0, 0.1) is 0 Å². The van der Waals surface area contributed by atoms with Crippen molar-refractivity contribution in [3.8, 4) is 0 Å². The topological polar surface area (TPSA) is 20.3 Å². The van der Waals surface area contributed by atoms with Gasteiger partial charge in [-0.2, -0.15) is 0 Å². The van der Waals surface area contributed by atoms with Crippen molar-refractivity contribution in [3.05, 3.63) is 0 Å². The number of hydrogen-bond acceptors (Lipinski definition) is 1. The molecule has 1 amide bonds. The van der Waals surface area contributed by atoms with Crippen molar-refractivity contribution < 1.29 is 4.79 Å². The molecule has 1 unspecified atom stereocenters. The van der Waals surface area contributed by atoms with Gasteiger partial charge >= 0.3 is 0 Å². The van der Waals surface area contributed by atoms with Gasteiger partial charge in [-0.05, 0) is 13.3 Å². The van der Waals surface area contributed by atoms with Gasteiger partial charge < -0.3 is 4.90 Å². The van der Waals surface area contributed by atoms with Crippen LogP contribution in [0.1, 0.15) is 65.2 Å². The maximum absolute atomic E-state index is 11.8. The maximum Gasteiger partial charge on any atom is 0.222 e. The normalized spacial score (nSPS) is 12.5. The van der Waals surface area contributed by atoms with Crippen molar-refractivity contribution >= 4 is 21.8 Å². The molecule has 0 bridgehead atoms. The number of carbonyl (C=O) groups excluding carboxylic acids is 1. The molecular weight excluding hydrogens is 278 g/mol. The summed E-state index contributed by atoms with van der Waals surface area (Å²) < 4.78 is 0. The van der Waals surface area contributed by atoms with E-state index in [1.54, 1.807) is 0 Å². The van der Waals surface area contributed by atoms with Gasteiger partial charge in [-0.3, -0.25) is 4.79 Å². The van der Waals surface area contributed by atoms with Crippen molar-refractivity contribution in [2.75, 3.05) is 12.4 Å². The average molecular weight is 306 g/mol. The zero-order chi connectivity index (χ0) is 13.1. The van der Waals surface area contributed by atoms with Gasteiger partial charge in [0, 0.05) is 24.8 Å². The molecule has 0 fully saturated rings. The molecule has 0 rings (SSSR count). The van der Waals surface area contributed by atoms with E-state index in [-0.39, 0.29) is 5.91 Å². The van der Waals surface area contributed by atoms with Crippen LogP contribution < -0.4 is 0 Å². The lowest BCUT2D eigenvalue weighted by Crippen LogP contribution is -2.35. The molecule has 2 nitrogen and oxygen atoms in total. The van der Waals surface area contributed by atoms with Gasteiger partial charge in [0.15, 0.2) is 0 Å². The van der Waals surface area contributed by atoms with Crippen LogP contribution >= 0.6 is 15.9 Å². The Hall–Kier alpha value is -0.0500. The Labute approximate surface area is 115 Å². The minimum absolute atomic E-state index is 0.283. The van der Waals surface area contributed by atoms with Crippen molar-refractivity contribution in [3.63, 3.8) is 0 Å². The molecular formula is C14H28BrNO. The van der Waals surface area contributed by atoms with E-state index in [2.05, 4.69) is 29.8 Å². The van der Waals surface area contributed by atoms with Crippen LogP contribution in [0.3, 0.4) is 0 Å². The third-order valence-corrected chi connectivity index (χ3v) is 4.21. The second-order valence-electron chi connectivity index (χ2n) is 4.88. The lowest BCUT2D eigenvalue weighted by molar-refractivity contribution is -0.131. The molecule has 0 spiro atoms. The summed E-state index contributed by atoms with van der Waals surface area (Å²) in [5, 5.41) is 0.853. The summed E-state index contributed by atoms with van der Waals surface area (Å²) in [6.45, 7) is 4.30. The molecule has 0 aromatic rings. The van der Waals surface area contributed by atoms with Gasteiger partial charge in [0.05, 0.1) is 0 Å². The number of nitrogens with zero attached hydrogens (tertiary/aromatic N) is 1. The molecule has 0 aliphatic carbocycles. The summed E-state index contributed by atoms with van der Waals surface area (Å²) >= 11 is 3.41. The standard InChI is InChI=1S/C14H28BrNO/c1-4-5-6-7-8-9-10-11-14(17)16(3)13(2)12-15/h13H,4-12H2,1-3H3. The van der Waals surface area contributed by atoms with Crippen molar-refractivity contribution in [1.82, 2.24) is 4.90 Å². The first-order chi connectivity index (χ1) is 8.13. The van der Waals surface area contributed by atoms with Gasteiger partial charge in [0.2, 0.25) is 5.91 Å². The summed E-state index contributed by atoms with van der Waals surface area (Å²) in [5.41, 5.74) is 0. The van der Waals surface area contributed by atoms with E-state index in [1.807, 2.05) is 11.9 Å². The van der Waals surface area contributed by atoms with Crippen molar-refractivity contribution in [1.29, 1.82) is 0 Å². The summed E-state index contributed by atoms with van der Waals surface area (Å²) in [6, 6.07) is 0.298. The quantitative estimate of drug-likeness (QED) is 0.433. The molecule has 0 radical (unpaired) electrons. The molecule has 0 aliphatic rings. The lowest BCUT2D eigenvalue weighted by Gasteiger charge is -2.23.